The molecule has 0 radical (unpaired) electrons. The molecule has 0 aliphatic carbocycles. The third-order valence-corrected chi connectivity index (χ3v) is 5.51. The van der Waals surface area contributed by atoms with Crippen molar-refractivity contribution in [2.75, 3.05) is 18.0 Å². The number of rotatable bonds is 4. The van der Waals surface area contributed by atoms with E-state index in [2.05, 4.69) is 9.97 Å². The number of carbonyl (C=O) groups is 1. The number of anilines is 1. The lowest BCUT2D eigenvalue weighted by atomic mass is 10.1. The first-order valence-corrected chi connectivity index (χ1v) is 10.8. The number of aromatic nitrogens is 4. The van der Waals surface area contributed by atoms with Crippen LogP contribution in [0.3, 0.4) is 0 Å². The van der Waals surface area contributed by atoms with Crippen LogP contribution in [-0.2, 0) is 24.9 Å². The fourth-order valence-corrected chi connectivity index (χ4v) is 4.06. The first-order valence-electron chi connectivity index (χ1n) is 10.8. The highest BCUT2D eigenvalue weighted by atomic mass is 16.6. The molecule has 0 unspecified atom stereocenters. The third-order valence-electron chi connectivity index (χ3n) is 5.51. The lowest BCUT2D eigenvalue weighted by Gasteiger charge is -2.44. The minimum absolute atomic E-state index is 0.0968. The molecule has 1 aliphatic rings. The van der Waals surface area contributed by atoms with Crippen LogP contribution < -0.4 is 10.6 Å². The van der Waals surface area contributed by atoms with Crippen molar-refractivity contribution in [3.8, 4) is 0 Å². The molecule has 0 bridgehead atoms. The minimum atomic E-state index is -0.566. The van der Waals surface area contributed by atoms with Gasteiger partial charge in [-0.25, -0.2) is 14.6 Å². The van der Waals surface area contributed by atoms with Crippen LogP contribution in [0.25, 0.3) is 11.2 Å². The average Bonchev–Trinajstić information content (AvgIpc) is 3.04. The maximum atomic E-state index is 12.7. The number of imidazole rings is 1. The maximum absolute atomic E-state index is 12.7. The number of fused-ring (bicyclic) bond motifs is 1. The monoisotopic (exact) mass is 434 g/mol. The van der Waals surface area contributed by atoms with Crippen molar-refractivity contribution in [1.82, 2.24) is 24.0 Å². The van der Waals surface area contributed by atoms with Gasteiger partial charge in [0.2, 0.25) is 0 Å². The van der Waals surface area contributed by atoms with Gasteiger partial charge in [0.1, 0.15) is 29.2 Å². The Balaban J connectivity index is 2.02. The van der Waals surface area contributed by atoms with E-state index in [0.29, 0.717) is 42.4 Å². The SMILES string of the molecule is CCCn1c(CO)nc2c(N3C[C@@H](C)N(C(=O)OC(C)(C)C)C[C@@H]3C)nc(=O)n(C)c21. The second-order valence-corrected chi connectivity index (χ2v) is 9.27. The zero-order valence-corrected chi connectivity index (χ0v) is 19.5. The van der Waals surface area contributed by atoms with Gasteiger partial charge in [-0.15, -0.1) is 0 Å². The van der Waals surface area contributed by atoms with Gasteiger partial charge in [0.15, 0.2) is 5.82 Å². The first kappa shape index (κ1) is 23.1. The number of ether oxygens (including phenoxy) is 1. The van der Waals surface area contributed by atoms with Crippen LogP contribution in [-0.4, -0.2) is 66.0 Å². The maximum Gasteiger partial charge on any atom is 0.410 e. The van der Waals surface area contributed by atoms with E-state index in [-0.39, 0.29) is 30.5 Å². The van der Waals surface area contributed by atoms with Gasteiger partial charge >= 0.3 is 11.8 Å². The summed E-state index contributed by atoms with van der Waals surface area (Å²) in [5, 5.41) is 9.83. The van der Waals surface area contributed by atoms with E-state index in [4.69, 9.17) is 4.74 Å². The predicted molar refractivity (Wildman–Crippen MR) is 118 cm³/mol. The molecule has 3 rings (SSSR count). The van der Waals surface area contributed by atoms with Crippen LogP contribution in [0.5, 0.6) is 0 Å². The Morgan fingerprint density at radius 3 is 2.45 bits per heavy atom. The lowest BCUT2D eigenvalue weighted by Crippen LogP contribution is -2.59. The second kappa shape index (κ2) is 8.49. The van der Waals surface area contributed by atoms with Crippen molar-refractivity contribution in [2.24, 2.45) is 7.05 Å². The zero-order valence-electron chi connectivity index (χ0n) is 19.5. The van der Waals surface area contributed by atoms with E-state index in [0.717, 1.165) is 6.42 Å². The number of aliphatic hydroxyl groups excluding tert-OH is 1. The summed E-state index contributed by atoms with van der Waals surface area (Å²) in [6, 6.07) is -0.234. The largest absolute Gasteiger partial charge is 0.444 e. The summed E-state index contributed by atoms with van der Waals surface area (Å²) >= 11 is 0. The average molecular weight is 435 g/mol. The first-order chi connectivity index (χ1) is 14.5. The van der Waals surface area contributed by atoms with Gasteiger partial charge in [-0.1, -0.05) is 6.92 Å². The highest BCUT2D eigenvalue weighted by Crippen LogP contribution is 2.29. The van der Waals surface area contributed by atoms with Crippen molar-refractivity contribution < 1.29 is 14.6 Å². The Kier molecular flexibility index (Phi) is 6.31. The molecule has 1 saturated heterocycles. The number of nitrogens with zero attached hydrogens (tertiary/aromatic N) is 6. The van der Waals surface area contributed by atoms with E-state index in [1.807, 2.05) is 51.0 Å². The topological polar surface area (TPSA) is 106 Å². The summed E-state index contributed by atoms with van der Waals surface area (Å²) in [5.41, 5.74) is 0.293. The number of aryl methyl sites for hydroxylation is 2. The Hall–Kier alpha value is -2.62. The third kappa shape index (κ3) is 4.39. The molecule has 2 aromatic heterocycles. The van der Waals surface area contributed by atoms with E-state index in [9.17, 15) is 14.7 Å². The number of carbonyl (C=O) groups excluding carboxylic acids is 1. The summed E-state index contributed by atoms with van der Waals surface area (Å²) in [6.07, 6.45) is 0.495. The molecule has 1 amide bonds. The summed E-state index contributed by atoms with van der Waals surface area (Å²) in [6.45, 7) is 12.9. The standard InChI is InChI=1S/C21H34N6O4/c1-8-9-25-15(12-28)22-16-17(23-19(29)24(7)18(16)25)26-10-14(3)27(11-13(26)2)20(30)31-21(4,5)6/h13-14,28H,8-12H2,1-7H3/t13-,14+/m0/s1. The molecule has 1 aliphatic heterocycles. The summed E-state index contributed by atoms with van der Waals surface area (Å²) in [7, 11) is 1.67. The molecule has 2 atom stereocenters. The molecule has 2 aromatic rings. The number of amides is 1. The highest BCUT2D eigenvalue weighted by molar-refractivity contribution is 5.85. The van der Waals surface area contributed by atoms with Gasteiger partial charge in [0.05, 0.1) is 0 Å². The number of piperazine rings is 1. The minimum Gasteiger partial charge on any atom is -0.444 e. The fourth-order valence-electron chi connectivity index (χ4n) is 4.06. The zero-order chi connectivity index (χ0) is 23.1. The lowest BCUT2D eigenvalue weighted by molar-refractivity contribution is 0.0130. The second-order valence-electron chi connectivity index (χ2n) is 9.27. The van der Waals surface area contributed by atoms with Gasteiger partial charge in [-0.05, 0) is 41.0 Å². The van der Waals surface area contributed by atoms with Gasteiger partial charge in [-0.2, -0.15) is 4.98 Å². The molecule has 3 heterocycles. The normalized spacial score (nSPS) is 19.9. The molecule has 0 saturated carbocycles. The molecule has 10 nitrogen and oxygen atoms in total. The van der Waals surface area contributed by atoms with Crippen molar-refractivity contribution in [3.05, 3.63) is 16.3 Å². The molecule has 0 spiro atoms. The molecule has 0 aromatic carbocycles. The molecule has 172 valence electrons. The molecule has 1 fully saturated rings. The Morgan fingerprint density at radius 1 is 1.19 bits per heavy atom. The van der Waals surface area contributed by atoms with Crippen LogP contribution in [0.1, 0.15) is 53.8 Å². The van der Waals surface area contributed by atoms with Crippen LogP contribution in [0.15, 0.2) is 4.79 Å². The predicted octanol–water partition coefficient (Wildman–Crippen LogP) is 1.87. The smallest absolute Gasteiger partial charge is 0.410 e. The Morgan fingerprint density at radius 2 is 1.87 bits per heavy atom. The number of hydrogen-bond acceptors (Lipinski definition) is 7. The summed E-state index contributed by atoms with van der Waals surface area (Å²) in [5.74, 6) is 1.00. The number of aliphatic hydroxyl groups is 1. The molecule has 31 heavy (non-hydrogen) atoms. The van der Waals surface area contributed by atoms with Crippen LogP contribution in [0, 0.1) is 0 Å². The molecular formula is C21H34N6O4. The van der Waals surface area contributed by atoms with E-state index in [1.54, 1.807) is 11.9 Å². The highest BCUT2D eigenvalue weighted by Gasteiger charge is 2.36. The quantitative estimate of drug-likeness (QED) is 0.783. The van der Waals surface area contributed by atoms with Crippen LogP contribution in [0.4, 0.5) is 10.6 Å². The fraction of sp³-hybridized carbons (Fsp3) is 0.714. The van der Waals surface area contributed by atoms with E-state index in [1.165, 1.54) is 4.57 Å². The van der Waals surface area contributed by atoms with E-state index < -0.39 is 5.60 Å². The summed E-state index contributed by atoms with van der Waals surface area (Å²) < 4.78 is 8.92. The molecule has 1 N–H and O–H groups in total. The van der Waals surface area contributed by atoms with Crippen molar-refractivity contribution in [3.63, 3.8) is 0 Å². The van der Waals surface area contributed by atoms with Gasteiger partial charge in [-0.3, -0.25) is 4.57 Å². The van der Waals surface area contributed by atoms with E-state index >= 15 is 0 Å². The Labute approximate surface area is 182 Å². The van der Waals surface area contributed by atoms with Crippen molar-refractivity contribution >= 4 is 23.1 Å². The number of hydrogen-bond donors (Lipinski definition) is 1. The van der Waals surface area contributed by atoms with Crippen molar-refractivity contribution in [2.45, 2.75) is 78.8 Å². The molecule has 10 heteroatoms. The van der Waals surface area contributed by atoms with Crippen LogP contribution in [0.2, 0.25) is 0 Å². The molecular weight excluding hydrogens is 400 g/mol. The van der Waals surface area contributed by atoms with Gasteiger partial charge < -0.3 is 24.2 Å². The Bertz CT molecular complexity index is 1020. The van der Waals surface area contributed by atoms with Crippen molar-refractivity contribution in [1.29, 1.82) is 0 Å². The van der Waals surface area contributed by atoms with Gasteiger partial charge in [0, 0.05) is 38.8 Å². The van der Waals surface area contributed by atoms with Gasteiger partial charge in [0.25, 0.3) is 0 Å². The van der Waals surface area contributed by atoms with Crippen LogP contribution >= 0.6 is 0 Å². The summed E-state index contributed by atoms with van der Waals surface area (Å²) in [4.78, 5) is 38.1.